The Labute approximate surface area is 50.3 Å². The van der Waals surface area contributed by atoms with Crippen molar-refractivity contribution in [3.8, 4) is 0 Å². The predicted molar refractivity (Wildman–Crippen MR) is 34.1 cm³/mol. The molecular weight excluding hydrogens is 102 g/mol. The first-order valence-electron chi connectivity index (χ1n) is 2.75. The van der Waals surface area contributed by atoms with Crippen LogP contribution in [0.2, 0.25) is 0 Å². The maximum absolute atomic E-state index is 4.76. The van der Waals surface area contributed by atoms with E-state index in [9.17, 15) is 0 Å². The van der Waals surface area contributed by atoms with E-state index in [2.05, 4.69) is 18.7 Å². The fraction of sp³-hybridized carbons (Fsp3) is 0.667. The molecule has 0 heterocycles. The van der Waals surface area contributed by atoms with Crippen LogP contribution in [0.25, 0.3) is 0 Å². The number of nitrogens with two attached hydrogens (primary N) is 1. The predicted octanol–water partition coefficient (Wildman–Crippen LogP) is 1.09. The van der Waals surface area contributed by atoms with Gasteiger partial charge >= 0.3 is 0 Å². The largest absolute Gasteiger partial charge is 0.300 e. The van der Waals surface area contributed by atoms with Crippen LogP contribution in [0, 0.1) is 5.92 Å². The molecule has 2 nitrogen and oxygen atoms in total. The molecule has 2 heteroatoms. The highest BCUT2D eigenvalue weighted by atomic mass is 16.6. The summed E-state index contributed by atoms with van der Waals surface area (Å²) in [6.45, 7) is 4.72. The summed E-state index contributed by atoms with van der Waals surface area (Å²) in [5.74, 6) is 5.35. The molecule has 0 saturated carbocycles. The van der Waals surface area contributed by atoms with Crippen molar-refractivity contribution in [2.75, 3.05) is 6.61 Å². The van der Waals surface area contributed by atoms with Crippen LogP contribution < -0.4 is 5.90 Å². The third-order valence-electron chi connectivity index (χ3n) is 0.713. The van der Waals surface area contributed by atoms with E-state index in [1.807, 2.05) is 12.2 Å². The monoisotopic (exact) mass is 115 g/mol. The molecule has 0 aliphatic rings. The average Bonchev–Trinajstić information content (AvgIpc) is 1.66. The Morgan fingerprint density at radius 2 is 2.25 bits per heavy atom. The van der Waals surface area contributed by atoms with E-state index in [0.717, 1.165) is 0 Å². The molecule has 0 atom stereocenters. The molecule has 0 saturated heterocycles. The summed E-state index contributed by atoms with van der Waals surface area (Å²) in [6.07, 6.45) is 3.96. The van der Waals surface area contributed by atoms with Crippen LogP contribution in [0.15, 0.2) is 12.2 Å². The Morgan fingerprint density at radius 1 is 1.62 bits per heavy atom. The van der Waals surface area contributed by atoms with E-state index in [0.29, 0.717) is 12.5 Å². The molecule has 0 bridgehead atoms. The lowest BCUT2D eigenvalue weighted by Gasteiger charge is -1.91. The molecule has 0 unspecified atom stereocenters. The zero-order chi connectivity index (χ0) is 6.41. The minimum absolute atomic E-state index is 0.512. The number of allylic oxidation sites excluding steroid dienone is 1. The third kappa shape index (κ3) is 5.66. The second-order valence-corrected chi connectivity index (χ2v) is 2.01. The van der Waals surface area contributed by atoms with Gasteiger partial charge in [-0.2, -0.15) is 0 Å². The third-order valence-corrected chi connectivity index (χ3v) is 0.713. The van der Waals surface area contributed by atoms with Crippen molar-refractivity contribution >= 4 is 0 Å². The summed E-state index contributed by atoms with van der Waals surface area (Å²) in [5, 5.41) is 0. The Balaban J connectivity index is 3.07. The van der Waals surface area contributed by atoms with Crippen molar-refractivity contribution in [1.82, 2.24) is 0 Å². The van der Waals surface area contributed by atoms with Crippen LogP contribution in [0.3, 0.4) is 0 Å². The number of hydrogen-bond acceptors (Lipinski definition) is 2. The van der Waals surface area contributed by atoms with Crippen molar-refractivity contribution in [1.29, 1.82) is 0 Å². The molecule has 0 aromatic carbocycles. The van der Waals surface area contributed by atoms with Crippen LogP contribution in [-0.2, 0) is 4.84 Å². The molecule has 0 amide bonds. The molecule has 0 radical (unpaired) electrons. The number of hydrogen-bond donors (Lipinski definition) is 1. The summed E-state index contributed by atoms with van der Waals surface area (Å²) >= 11 is 0. The van der Waals surface area contributed by atoms with Crippen LogP contribution in [-0.4, -0.2) is 6.61 Å². The summed E-state index contributed by atoms with van der Waals surface area (Å²) in [5.41, 5.74) is 0. The van der Waals surface area contributed by atoms with Crippen molar-refractivity contribution in [2.24, 2.45) is 11.8 Å². The van der Waals surface area contributed by atoms with Gasteiger partial charge in [-0.25, -0.2) is 5.90 Å². The Morgan fingerprint density at radius 3 is 2.62 bits per heavy atom. The molecule has 0 rings (SSSR count). The first kappa shape index (κ1) is 7.66. The van der Waals surface area contributed by atoms with Gasteiger partial charge in [-0.15, -0.1) is 0 Å². The van der Waals surface area contributed by atoms with Crippen LogP contribution >= 0.6 is 0 Å². The fourth-order valence-electron chi connectivity index (χ4n) is 0.383. The molecule has 0 spiro atoms. The molecule has 0 aliphatic carbocycles. The lowest BCUT2D eigenvalue weighted by Crippen LogP contribution is -1.97. The zero-order valence-corrected chi connectivity index (χ0v) is 5.42. The number of rotatable bonds is 3. The molecule has 0 aromatic rings. The quantitative estimate of drug-likeness (QED) is 0.441. The zero-order valence-electron chi connectivity index (χ0n) is 5.42. The Hall–Kier alpha value is -0.340. The van der Waals surface area contributed by atoms with E-state index in [-0.39, 0.29) is 0 Å². The summed E-state index contributed by atoms with van der Waals surface area (Å²) < 4.78 is 0. The van der Waals surface area contributed by atoms with E-state index >= 15 is 0 Å². The first-order valence-corrected chi connectivity index (χ1v) is 2.75. The van der Waals surface area contributed by atoms with Gasteiger partial charge < -0.3 is 4.84 Å². The maximum atomic E-state index is 4.76. The van der Waals surface area contributed by atoms with E-state index < -0.39 is 0 Å². The van der Waals surface area contributed by atoms with Gasteiger partial charge in [-0.3, -0.25) is 0 Å². The minimum Gasteiger partial charge on any atom is -0.300 e. The lowest BCUT2D eigenvalue weighted by atomic mass is 10.2. The highest BCUT2D eigenvalue weighted by molar-refractivity contribution is 4.83. The van der Waals surface area contributed by atoms with Gasteiger partial charge in [0, 0.05) is 0 Å². The fourth-order valence-corrected chi connectivity index (χ4v) is 0.383. The van der Waals surface area contributed by atoms with Crippen LogP contribution in [0.1, 0.15) is 13.8 Å². The van der Waals surface area contributed by atoms with Crippen molar-refractivity contribution in [2.45, 2.75) is 13.8 Å². The highest BCUT2D eigenvalue weighted by Gasteiger charge is 1.80. The summed E-state index contributed by atoms with van der Waals surface area (Å²) in [6, 6.07) is 0. The second-order valence-electron chi connectivity index (χ2n) is 2.01. The van der Waals surface area contributed by atoms with Crippen molar-refractivity contribution in [3.63, 3.8) is 0 Å². The SMILES string of the molecule is CC(C)/C=C/CON. The summed E-state index contributed by atoms with van der Waals surface area (Å²) in [7, 11) is 0. The molecule has 2 N–H and O–H groups in total. The maximum Gasteiger partial charge on any atom is 0.0860 e. The first-order chi connectivity index (χ1) is 3.77. The average molecular weight is 115 g/mol. The Bertz CT molecular complexity index is 68.9. The van der Waals surface area contributed by atoms with Gasteiger partial charge in [0.05, 0.1) is 6.61 Å². The van der Waals surface area contributed by atoms with Gasteiger partial charge in [0.15, 0.2) is 0 Å². The molecule has 0 aliphatic heterocycles. The topological polar surface area (TPSA) is 35.2 Å². The van der Waals surface area contributed by atoms with Gasteiger partial charge in [0.25, 0.3) is 0 Å². The normalized spacial score (nSPS) is 11.5. The van der Waals surface area contributed by atoms with E-state index in [1.54, 1.807) is 0 Å². The van der Waals surface area contributed by atoms with Crippen LogP contribution in [0.4, 0.5) is 0 Å². The molecule has 0 fully saturated rings. The lowest BCUT2D eigenvalue weighted by molar-refractivity contribution is 0.167. The molecule has 8 heavy (non-hydrogen) atoms. The van der Waals surface area contributed by atoms with E-state index in [1.165, 1.54) is 0 Å². The van der Waals surface area contributed by atoms with Gasteiger partial charge in [0.1, 0.15) is 0 Å². The second kappa shape index (κ2) is 4.81. The molecule has 0 aromatic heterocycles. The Kier molecular flexibility index (Phi) is 4.61. The van der Waals surface area contributed by atoms with E-state index in [4.69, 9.17) is 5.90 Å². The molecular formula is C6H13NO. The van der Waals surface area contributed by atoms with Crippen LogP contribution in [0.5, 0.6) is 0 Å². The summed E-state index contributed by atoms with van der Waals surface area (Å²) in [4.78, 5) is 4.31. The highest BCUT2D eigenvalue weighted by Crippen LogP contribution is 1.91. The molecule has 48 valence electrons. The van der Waals surface area contributed by atoms with Gasteiger partial charge in [-0.05, 0) is 5.92 Å². The minimum atomic E-state index is 0.512. The standard InChI is InChI=1S/C6H13NO/c1-6(2)4-3-5-8-7/h3-4,6H,5,7H2,1-2H3/b4-3+. The van der Waals surface area contributed by atoms with Crippen molar-refractivity contribution in [3.05, 3.63) is 12.2 Å². The van der Waals surface area contributed by atoms with Crippen molar-refractivity contribution < 1.29 is 4.84 Å². The van der Waals surface area contributed by atoms with Gasteiger partial charge in [-0.1, -0.05) is 26.0 Å². The smallest absolute Gasteiger partial charge is 0.0860 e. The van der Waals surface area contributed by atoms with Gasteiger partial charge in [0.2, 0.25) is 0 Å².